The Kier molecular flexibility index (Phi) is 5.64. The van der Waals surface area contributed by atoms with E-state index < -0.39 is 6.09 Å². The number of carbonyl (C=O) groups excluding carboxylic acids is 2. The first kappa shape index (κ1) is 17.9. The molecular weight excluding hydrogens is 340 g/mol. The summed E-state index contributed by atoms with van der Waals surface area (Å²) in [5.41, 5.74) is 1.88. The lowest BCUT2D eigenvalue weighted by Crippen LogP contribution is -2.29. The zero-order valence-corrected chi connectivity index (χ0v) is 14.5. The summed E-state index contributed by atoms with van der Waals surface area (Å²) >= 11 is 0. The lowest BCUT2D eigenvalue weighted by molar-refractivity contribution is -0.111. The number of hydrogen-bond acceptors (Lipinski definition) is 3. The van der Waals surface area contributed by atoms with Gasteiger partial charge in [0.15, 0.2) is 0 Å². The predicted octanol–water partition coefficient (Wildman–Crippen LogP) is 5.15. The molecule has 0 aromatic heterocycles. The van der Waals surface area contributed by atoms with Gasteiger partial charge in [0, 0.05) is 11.8 Å². The van der Waals surface area contributed by atoms with Crippen molar-refractivity contribution in [2.75, 3.05) is 10.2 Å². The number of para-hydroxylation sites is 2. The number of amides is 2. The molecule has 3 rings (SSSR count). The fourth-order valence-corrected chi connectivity index (χ4v) is 2.49. The molecule has 134 valence electrons. The van der Waals surface area contributed by atoms with Gasteiger partial charge in [-0.25, -0.2) is 9.69 Å². The Labute approximate surface area is 157 Å². The van der Waals surface area contributed by atoms with Crippen LogP contribution in [-0.4, -0.2) is 12.0 Å². The van der Waals surface area contributed by atoms with E-state index in [0.717, 1.165) is 0 Å². The van der Waals surface area contributed by atoms with Crippen molar-refractivity contribution >= 4 is 29.1 Å². The quantitative estimate of drug-likeness (QED) is 0.642. The Bertz CT molecular complexity index is 901. The number of carbonyl (C=O) groups is 2. The van der Waals surface area contributed by atoms with Gasteiger partial charge in [0.1, 0.15) is 5.75 Å². The zero-order chi connectivity index (χ0) is 19.1. The van der Waals surface area contributed by atoms with Crippen LogP contribution >= 0.6 is 0 Å². The normalized spacial score (nSPS) is 9.93. The molecule has 5 nitrogen and oxygen atoms in total. The highest BCUT2D eigenvalue weighted by Crippen LogP contribution is 2.27. The zero-order valence-electron chi connectivity index (χ0n) is 14.5. The second-order valence-corrected chi connectivity index (χ2v) is 5.60. The van der Waals surface area contributed by atoms with Crippen LogP contribution in [0.3, 0.4) is 0 Å². The summed E-state index contributed by atoms with van der Waals surface area (Å²) in [6.07, 6.45) is 0.616. The smallest absolute Gasteiger partial charge is 0.410 e. The van der Waals surface area contributed by atoms with Crippen LogP contribution in [0.1, 0.15) is 0 Å². The molecule has 0 saturated carbocycles. The first-order valence-corrected chi connectivity index (χ1v) is 8.33. The first-order valence-electron chi connectivity index (χ1n) is 8.33. The van der Waals surface area contributed by atoms with Crippen LogP contribution in [0.5, 0.6) is 5.75 Å². The van der Waals surface area contributed by atoms with Gasteiger partial charge in [-0.3, -0.25) is 4.79 Å². The molecule has 2 amide bonds. The topological polar surface area (TPSA) is 58.6 Å². The molecule has 0 aliphatic heterocycles. The van der Waals surface area contributed by atoms with Crippen LogP contribution in [-0.2, 0) is 4.79 Å². The second-order valence-electron chi connectivity index (χ2n) is 5.60. The Hall–Kier alpha value is -3.86. The molecule has 0 aliphatic rings. The summed E-state index contributed by atoms with van der Waals surface area (Å²) in [5, 5.41) is 2.64. The van der Waals surface area contributed by atoms with Gasteiger partial charge >= 0.3 is 6.09 Å². The molecule has 3 aromatic carbocycles. The maximum absolute atomic E-state index is 12.9. The van der Waals surface area contributed by atoms with Gasteiger partial charge in [-0.2, -0.15) is 0 Å². The third-order valence-corrected chi connectivity index (χ3v) is 3.70. The van der Waals surface area contributed by atoms with E-state index in [0.29, 0.717) is 22.8 Å². The maximum Gasteiger partial charge on any atom is 0.424 e. The predicted molar refractivity (Wildman–Crippen MR) is 106 cm³/mol. The molecule has 0 spiro atoms. The standard InChI is InChI=1S/C22H18N2O3/c1-2-21(25)23-17-10-9-15-20(16-17)27-22(26)24(18-11-5-3-6-12-18)19-13-7-4-8-14-19/h2-16H,1H2,(H,23,25). The highest BCUT2D eigenvalue weighted by molar-refractivity contribution is 5.99. The number of rotatable bonds is 5. The van der Waals surface area contributed by atoms with Gasteiger partial charge in [-0.05, 0) is 42.5 Å². The Morgan fingerprint density at radius 1 is 0.852 bits per heavy atom. The summed E-state index contributed by atoms with van der Waals surface area (Å²) in [4.78, 5) is 25.8. The van der Waals surface area contributed by atoms with E-state index in [9.17, 15) is 9.59 Å². The molecule has 27 heavy (non-hydrogen) atoms. The van der Waals surface area contributed by atoms with E-state index in [1.165, 1.54) is 11.0 Å². The molecule has 1 N–H and O–H groups in total. The van der Waals surface area contributed by atoms with E-state index in [4.69, 9.17) is 4.74 Å². The van der Waals surface area contributed by atoms with Crippen LogP contribution in [0.15, 0.2) is 97.6 Å². The van der Waals surface area contributed by atoms with Crippen molar-refractivity contribution < 1.29 is 14.3 Å². The van der Waals surface area contributed by atoms with Crippen LogP contribution in [0.4, 0.5) is 21.9 Å². The third kappa shape index (κ3) is 4.61. The molecule has 5 heteroatoms. The van der Waals surface area contributed by atoms with Crippen molar-refractivity contribution in [3.63, 3.8) is 0 Å². The molecule has 0 saturated heterocycles. The minimum Gasteiger partial charge on any atom is -0.410 e. The van der Waals surface area contributed by atoms with Crippen molar-refractivity contribution in [3.05, 3.63) is 97.6 Å². The average molecular weight is 358 g/mol. The summed E-state index contributed by atoms with van der Waals surface area (Å²) in [6, 6.07) is 25.1. The highest BCUT2D eigenvalue weighted by atomic mass is 16.6. The van der Waals surface area contributed by atoms with E-state index in [2.05, 4.69) is 11.9 Å². The molecule has 0 unspecified atom stereocenters. The fourth-order valence-electron chi connectivity index (χ4n) is 2.49. The van der Waals surface area contributed by atoms with Gasteiger partial charge in [-0.1, -0.05) is 49.0 Å². The van der Waals surface area contributed by atoms with E-state index in [1.54, 1.807) is 24.3 Å². The largest absolute Gasteiger partial charge is 0.424 e. The fraction of sp³-hybridized carbons (Fsp3) is 0. The number of benzene rings is 3. The Morgan fingerprint density at radius 2 is 1.44 bits per heavy atom. The summed E-state index contributed by atoms with van der Waals surface area (Å²) in [5.74, 6) is -0.0209. The monoisotopic (exact) mass is 358 g/mol. The van der Waals surface area contributed by atoms with E-state index in [-0.39, 0.29) is 5.91 Å². The van der Waals surface area contributed by atoms with Crippen LogP contribution in [0, 0.1) is 0 Å². The summed E-state index contributed by atoms with van der Waals surface area (Å²) in [7, 11) is 0. The van der Waals surface area contributed by atoms with Crippen molar-refractivity contribution in [1.29, 1.82) is 0 Å². The lowest BCUT2D eigenvalue weighted by atomic mass is 10.2. The number of ether oxygens (including phenoxy) is 1. The average Bonchev–Trinajstić information content (AvgIpc) is 2.70. The molecule has 0 aliphatic carbocycles. The minimum absolute atomic E-state index is 0.318. The highest BCUT2D eigenvalue weighted by Gasteiger charge is 2.20. The minimum atomic E-state index is -0.556. The van der Waals surface area contributed by atoms with Gasteiger partial charge in [-0.15, -0.1) is 0 Å². The number of anilines is 3. The third-order valence-electron chi connectivity index (χ3n) is 3.70. The number of nitrogens with zero attached hydrogens (tertiary/aromatic N) is 1. The molecular formula is C22H18N2O3. The second kappa shape index (κ2) is 8.49. The molecule has 0 fully saturated rings. The van der Waals surface area contributed by atoms with Crippen molar-refractivity contribution in [2.24, 2.45) is 0 Å². The molecule has 0 radical (unpaired) electrons. The van der Waals surface area contributed by atoms with Crippen LogP contribution in [0.2, 0.25) is 0 Å². The Morgan fingerprint density at radius 3 is 2.00 bits per heavy atom. The van der Waals surface area contributed by atoms with Crippen molar-refractivity contribution in [1.82, 2.24) is 0 Å². The van der Waals surface area contributed by atoms with Crippen LogP contribution in [0.25, 0.3) is 0 Å². The SMILES string of the molecule is C=CC(=O)Nc1cccc(OC(=O)N(c2ccccc2)c2ccccc2)c1. The molecule has 3 aromatic rings. The molecule has 0 atom stereocenters. The summed E-state index contributed by atoms with van der Waals surface area (Å²) < 4.78 is 5.55. The number of nitrogens with one attached hydrogen (secondary N) is 1. The van der Waals surface area contributed by atoms with Crippen LogP contribution < -0.4 is 15.0 Å². The van der Waals surface area contributed by atoms with Gasteiger partial charge in [0.25, 0.3) is 0 Å². The van der Waals surface area contributed by atoms with E-state index in [1.807, 2.05) is 60.7 Å². The number of hydrogen-bond donors (Lipinski definition) is 1. The first-order chi connectivity index (χ1) is 13.2. The maximum atomic E-state index is 12.9. The van der Waals surface area contributed by atoms with Gasteiger partial charge in [0.05, 0.1) is 11.4 Å². The van der Waals surface area contributed by atoms with Gasteiger partial charge in [0.2, 0.25) is 5.91 Å². The summed E-state index contributed by atoms with van der Waals surface area (Å²) in [6.45, 7) is 3.41. The molecule has 0 bridgehead atoms. The molecule has 0 heterocycles. The van der Waals surface area contributed by atoms with Crippen molar-refractivity contribution in [2.45, 2.75) is 0 Å². The Balaban J connectivity index is 1.86. The van der Waals surface area contributed by atoms with E-state index >= 15 is 0 Å². The van der Waals surface area contributed by atoms with Gasteiger partial charge < -0.3 is 10.1 Å². The van der Waals surface area contributed by atoms with Crippen molar-refractivity contribution in [3.8, 4) is 5.75 Å². The lowest BCUT2D eigenvalue weighted by Gasteiger charge is -2.22.